The second-order valence-electron chi connectivity index (χ2n) is 10.5. The Morgan fingerprint density at radius 1 is 1.12 bits per heavy atom. The molecule has 1 saturated heterocycles. The summed E-state index contributed by atoms with van der Waals surface area (Å²) in [4.78, 5) is 0. The highest BCUT2D eigenvalue weighted by atomic mass is 16.5. The van der Waals surface area contributed by atoms with Crippen LogP contribution in [0.4, 0.5) is 0 Å². The zero-order valence-electron chi connectivity index (χ0n) is 16.5. The minimum atomic E-state index is 0.601. The molecule has 0 aromatic heterocycles. The van der Waals surface area contributed by atoms with Crippen LogP contribution in [0.2, 0.25) is 0 Å². The van der Waals surface area contributed by atoms with E-state index in [2.05, 4.69) is 25.2 Å². The van der Waals surface area contributed by atoms with Gasteiger partial charge in [0.1, 0.15) is 5.75 Å². The fraction of sp³-hybridized carbons (Fsp3) is 0.750. The largest absolute Gasteiger partial charge is 0.497 e. The molecule has 1 aliphatic heterocycles. The minimum absolute atomic E-state index is 0.601. The van der Waals surface area contributed by atoms with Crippen LogP contribution in [0.15, 0.2) is 18.2 Å². The quantitative estimate of drug-likeness (QED) is 0.712. The Bertz CT molecular complexity index is 740. The lowest BCUT2D eigenvalue weighted by Gasteiger charge is -2.63. The van der Waals surface area contributed by atoms with Crippen LogP contribution in [0.25, 0.3) is 0 Å². The molecule has 5 aliphatic rings. The van der Waals surface area contributed by atoms with Crippen molar-refractivity contribution in [1.29, 1.82) is 0 Å². The smallest absolute Gasteiger partial charge is 0.119 e. The molecule has 4 aliphatic carbocycles. The summed E-state index contributed by atoms with van der Waals surface area (Å²) >= 11 is 0. The first-order chi connectivity index (χ1) is 12.6. The van der Waals surface area contributed by atoms with Crippen molar-refractivity contribution in [3.63, 3.8) is 0 Å². The van der Waals surface area contributed by atoms with Gasteiger partial charge < -0.3 is 9.22 Å². The van der Waals surface area contributed by atoms with Gasteiger partial charge >= 0.3 is 0 Å². The first kappa shape index (κ1) is 16.0. The van der Waals surface area contributed by atoms with Crippen LogP contribution in [0.3, 0.4) is 0 Å². The summed E-state index contributed by atoms with van der Waals surface area (Å²) in [5.41, 5.74) is 3.92. The van der Waals surface area contributed by atoms with Crippen LogP contribution in [0, 0.1) is 23.2 Å². The molecular weight excluding hydrogens is 318 g/mol. The standard InChI is InChI=1S/C24H34NO/c1-25(15-16-3-4-16)12-10-21-17-6-8-22-20-14-19(26-2)7-5-18(20)13-23(25)24(21,22)11-9-17/h5,7,14,16-17,21-23H,3-4,6,8-13,15H2,1-2H3/q+1. The molecule has 6 unspecified atom stereocenters. The summed E-state index contributed by atoms with van der Waals surface area (Å²) < 4.78 is 7.01. The molecule has 1 spiro atoms. The third kappa shape index (κ3) is 1.97. The predicted molar refractivity (Wildman–Crippen MR) is 104 cm³/mol. The summed E-state index contributed by atoms with van der Waals surface area (Å²) in [6, 6.07) is 7.91. The molecular formula is C24H34NO+. The van der Waals surface area contributed by atoms with Crippen molar-refractivity contribution in [2.24, 2.45) is 23.2 Å². The highest BCUT2D eigenvalue weighted by Gasteiger charge is 2.68. The number of nitrogens with zero attached hydrogens (tertiary/aromatic N) is 1. The molecule has 0 N–H and O–H groups in total. The van der Waals surface area contributed by atoms with Crippen molar-refractivity contribution >= 4 is 0 Å². The third-order valence-electron chi connectivity index (χ3n) is 9.52. The van der Waals surface area contributed by atoms with E-state index in [0.717, 1.165) is 35.5 Å². The van der Waals surface area contributed by atoms with Gasteiger partial charge in [-0.25, -0.2) is 0 Å². The van der Waals surface area contributed by atoms with Crippen LogP contribution >= 0.6 is 0 Å². The highest BCUT2D eigenvalue weighted by Crippen LogP contribution is 2.70. The number of piperidine rings is 1. The number of methoxy groups -OCH3 is 1. The number of fused-ring (bicyclic) bond motifs is 2. The van der Waals surface area contributed by atoms with Crippen molar-refractivity contribution in [3.8, 4) is 5.75 Å². The zero-order valence-corrected chi connectivity index (χ0v) is 16.5. The van der Waals surface area contributed by atoms with E-state index < -0.39 is 0 Å². The lowest BCUT2D eigenvalue weighted by molar-refractivity contribution is -0.950. The number of ether oxygens (including phenoxy) is 1. The van der Waals surface area contributed by atoms with E-state index in [-0.39, 0.29) is 0 Å². The molecule has 4 fully saturated rings. The number of hydrogen-bond donors (Lipinski definition) is 0. The Morgan fingerprint density at radius 2 is 2.00 bits per heavy atom. The van der Waals surface area contributed by atoms with Gasteiger partial charge in [-0.3, -0.25) is 0 Å². The first-order valence-electron chi connectivity index (χ1n) is 11.1. The van der Waals surface area contributed by atoms with Gasteiger partial charge in [-0.15, -0.1) is 0 Å². The first-order valence-corrected chi connectivity index (χ1v) is 11.1. The lowest BCUT2D eigenvalue weighted by Crippen LogP contribution is -2.69. The van der Waals surface area contributed by atoms with Crippen LogP contribution < -0.4 is 4.74 Å². The van der Waals surface area contributed by atoms with E-state index in [1.807, 2.05) is 7.11 Å². The van der Waals surface area contributed by atoms with E-state index in [9.17, 15) is 0 Å². The van der Waals surface area contributed by atoms with Gasteiger partial charge in [-0.1, -0.05) is 6.07 Å². The molecule has 2 bridgehead atoms. The number of quaternary nitrogens is 1. The van der Waals surface area contributed by atoms with E-state index in [4.69, 9.17) is 4.74 Å². The molecule has 1 aromatic carbocycles. The fourth-order valence-corrected chi connectivity index (χ4v) is 8.39. The van der Waals surface area contributed by atoms with Crippen molar-refractivity contribution < 1.29 is 9.22 Å². The molecule has 6 atom stereocenters. The third-order valence-corrected chi connectivity index (χ3v) is 9.52. The molecule has 2 nitrogen and oxygen atoms in total. The number of likely N-dealkylation sites (N-methyl/N-ethyl adjacent to an activating group) is 1. The van der Waals surface area contributed by atoms with E-state index in [1.165, 1.54) is 68.9 Å². The summed E-state index contributed by atoms with van der Waals surface area (Å²) in [6.45, 7) is 2.91. The Balaban J connectivity index is 1.50. The van der Waals surface area contributed by atoms with Gasteiger partial charge in [0, 0.05) is 24.2 Å². The predicted octanol–water partition coefficient (Wildman–Crippen LogP) is 4.77. The minimum Gasteiger partial charge on any atom is -0.497 e. The molecule has 6 rings (SSSR count). The van der Waals surface area contributed by atoms with Gasteiger partial charge in [0.2, 0.25) is 0 Å². The van der Waals surface area contributed by atoms with Gasteiger partial charge in [0.25, 0.3) is 0 Å². The Hall–Kier alpha value is -1.02. The Labute approximate surface area is 158 Å². The van der Waals surface area contributed by atoms with Gasteiger partial charge in [-0.2, -0.15) is 0 Å². The van der Waals surface area contributed by atoms with Crippen LogP contribution in [0.1, 0.15) is 62.0 Å². The molecule has 26 heavy (non-hydrogen) atoms. The maximum absolute atomic E-state index is 5.63. The average Bonchev–Trinajstić information content (AvgIpc) is 3.42. The Kier molecular flexibility index (Phi) is 3.24. The molecule has 3 saturated carbocycles. The SMILES string of the molecule is COc1ccc2c(c1)C1CCC3CCC14C3CC[N+](C)(CC1CC1)C4C2. The second-order valence-corrected chi connectivity index (χ2v) is 10.5. The number of likely N-dealkylation sites (tertiary alicyclic amines) is 1. The van der Waals surface area contributed by atoms with Crippen molar-refractivity contribution in [3.05, 3.63) is 29.3 Å². The molecule has 140 valence electrons. The summed E-state index contributed by atoms with van der Waals surface area (Å²) in [5.74, 6) is 4.95. The summed E-state index contributed by atoms with van der Waals surface area (Å²) in [5, 5.41) is 0. The van der Waals surface area contributed by atoms with Gasteiger partial charge in [0.05, 0.1) is 33.3 Å². The molecule has 2 heteroatoms. The maximum atomic E-state index is 5.63. The second kappa shape index (κ2) is 5.28. The molecule has 0 amide bonds. The number of hydrogen-bond acceptors (Lipinski definition) is 1. The van der Waals surface area contributed by atoms with Gasteiger partial charge in [0.15, 0.2) is 0 Å². The molecule has 1 heterocycles. The average molecular weight is 353 g/mol. The zero-order chi connectivity index (χ0) is 17.5. The maximum Gasteiger partial charge on any atom is 0.119 e. The van der Waals surface area contributed by atoms with Crippen molar-refractivity contribution in [2.45, 2.75) is 63.3 Å². The van der Waals surface area contributed by atoms with Crippen LogP contribution in [-0.2, 0) is 6.42 Å². The van der Waals surface area contributed by atoms with Crippen LogP contribution in [-0.4, -0.2) is 37.8 Å². The van der Waals surface area contributed by atoms with E-state index >= 15 is 0 Å². The van der Waals surface area contributed by atoms with Crippen LogP contribution in [0.5, 0.6) is 5.75 Å². The molecule has 0 radical (unpaired) electrons. The summed E-state index contributed by atoms with van der Waals surface area (Å²) in [7, 11) is 4.46. The normalized spacial score (nSPS) is 45.8. The number of benzene rings is 1. The summed E-state index contributed by atoms with van der Waals surface area (Å²) in [6.07, 6.45) is 11.7. The van der Waals surface area contributed by atoms with E-state index in [1.54, 1.807) is 11.1 Å². The molecule has 1 aromatic rings. The highest BCUT2D eigenvalue weighted by molar-refractivity contribution is 5.43. The van der Waals surface area contributed by atoms with Crippen molar-refractivity contribution in [1.82, 2.24) is 0 Å². The number of rotatable bonds is 3. The van der Waals surface area contributed by atoms with Crippen molar-refractivity contribution in [2.75, 3.05) is 27.2 Å². The van der Waals surface area contributed by atoms with Gasteiger partial charge in [-0.05, 0) is 79.5 Å². The lowest BCUT2D eigenvalue weighted by atomic mass is 9.49. The Morgan fingerprint density at radius 3 is 2.81 bits per heavy atom. The fourth-order valence-electron chi connectivity index (χ4n) is 8.39. The monoisotopic (exact) mass is 352 g/mol. The van der Waals surface area contributed by atoms with E-state index in [0.29, 0.717) is 5.41 Å². The topological polar surface area (TPSA) is 9.23 Å².